The largest absolute Gasteiger partial charge is 0.383 e. The Bertz CT molecular complexity index is 872. The molecule has 0 atom stereocenters. The quantitative estimate of drug-likeness (QED) is 0.310. The van der Waals surface area contributed by atoms with E-state index in [1.54, 1.807) is 7.11 Å². The summed E-state index contributed by atoms with van der Waals surface area (Å²) in [6.45, 7) is 11.4. The molecular formula is C24H37IN6O. The van der Waals surface area contributed by atoms with Crippen LogP contribution in [0.4, 0.5) is 0 Å². The average Bonchev–Trinajstić information content (AvgIpc) is 3.07. The van der Waals surface area contributed by atoms with E-state index >= 15 is 0 Å². The molecule has 1 saturated heterocycles. The monoisotopic (exact) mass is 552 g/mol. The van der Waals surface area contributed by atoms with Gasteiger partial charge in [0.25, 0.3) is 0 Å². The first-order valence-corrected chi connectivity index (χ1v) is 11.0. The zero-order valence-electron chi connectivity index (χ0n) is 19.8. The Morgan fingerprint density at radius 3 is 2.53 bits per heavy atom. The highest BCUT2D eigenvalue weighted by molar-refractivity contribution is 14.0. The number of nitrogens with zero attached hydrogens (tertiary/aromatic N) is 5. The maximum atomic E-state index is 5.19. The zero-order valence-corrected chi connectivity index (χ0v) is 22.1. The first-order chi connectivity index (χ1) is 15.1. The van der Waals surface area contributed by atoms with E-state index in [4.69, 9.17) is 4.74 Å². The van der Waals surface area contributed by atoms with Crippen LogP contribution >= 0.6 is 24.0 Å². The third-order valence-corrected chi connectivity index (χ3v) is 5.82. The summed E-state index contributed by atoms with van der Waals surface area (Å²) in [5.41, 5.74) is 4.74. The fraction of sp³-hybridized carbons (Fsp3) is 0.500. The summed E-state index contributed by atoms with van der Waals surface area (Å²) in [5, 5.41) is 8.20. The van der Waals surface area contributed by atoms with Gasteiger partial charge in [0.05, 0.1) is 18.8 Å². The van der Waals surface area contributed by atoms with Crippen molar-refractivity contribution >= 4 is 36.0 Å². The minimum Gasteiger partial charge on any atom is -0.383 e. The number of aryl methyl sites for hydroxylation is 1. The van der Waals surface area contributed by atoms with Gasteiger partial charge in [-0.1, -0.05) is 42.5 Å². The fourth-order valence-corrected chi connectivity index (χ4v) is 3.93. The van der Waals surface area contributed by atoms with E-state index in [9.17, 15) is 0 Å². The highest BCUT2D eigenvalue weighted by Gasteiger charge is 2.19. The lowest BCUT2D eigenvalue weighted by molar-refractivity contribution is 0.182. The number of piperazine rings is 1. The van der Waals surface area contributed by atoms with Crippen molar-refractivity contribution in [2.75, 3.05) is 53.5 Å². The molecular weight excluding hydrogens is 515 g/mol. The zero-order chi connectivity index (χ0) is 22.1. The number of ether oxygens (including phenoxy) is 1. The molecule has 1 aliphatic rings. The average molecular weight is 553 g/mol. The van der Waals surface area contributed by atoms with Gasteiger partial charge in [-0.25, -0.2) is 0 Å². The smallest absolute Gasteiger partial charge is 0.194 e. The summed E-state index contributed by atoms with van der Waals surface area (Å²) in [4.78, 5) is 9.35. The molecule has 7 nitrogen and oxygen atoms in total. The first-order valence-electron chi connectivity index (χ1n) is 11.0. The predicted octanol–water partition coefficient (Wildman–Crippen LogP) is 3.17. The van der Waals surface area contributed by atoms with Crippen LogP contribution in [0.2, 0.25) is 0 Å². The molecule has 1 aromatic carbocycles. The maximum absolute atomic E-state index is 5.19. The van der Waals surface area contributed by atoms with Gasteiger partial charge in [0.1, 0.15) is 0 Å². The highest BCUT2D eigenvalue weighted by Crippen LogP contribution is 2.13. The van der Waals surface area contributed by atoms with Crippen LogP contribution in [0.15, 0.2) is 41.4 Å². The van der Waals surface area contributed by atoms with Gasteiger partial charge in [-0.15, -0.1) is 24.0 Å². The molecule has 0 amide bonds. The maximum Gasteiger partial charge on any atom is 0.194 e. The van der Waals surface area contributed by atoms with Crippen molar-refractivity contribution in [3.63, 3.8) is 0 Å². The number of guanidine groups is 1. The van der Waals surface area contributed by atoms with Gasteiger partial charge >= 0.3 is 0 Å². The van der Waals surface area contributed by atoms with Crippen LogP contribution in [-0.2, 0) is 17.8 Å². The Kier molecular flexibility index (Phi) is 11.2. The Morgan fingerprint density at radius 1 is 1.16 bits per heavy atom. The molecule has 2 heterocycles. The highest BCUT2D eigenvalue weighted by atomic mass is 127. The molecule has 0 saturated carbocycles. The second kappa shape index (κ2) is 13.6. The molecule has 1 fully saturated rings. The molecule has 3 rings (SSSR count). The molecule has 0 aliphatic carbocycles. The lowest BCUT2D eigenvalue weighted by Crippen LogP contribution is -2.52. The van der Waals surface area contributed by atoms with Crippen LogP contribution in [0.1, 0.15) is 22.5 Å². The summed E-state index contributed by atoms with van der Waals surface area (Å²) < 4.78 is 7.22. The second-order valence-corrected chi connectivity index (χ2v) is 7.87. The summed E-state index contributed by atoms with van der Waals surface area (Å²) >= 11 is 0. The molecule has 1 aromatic heterocycles. The Balaban J connectivity index is 0.00000363. The lowest BCUT2D eigenvalue weighted by atomic mass is 10.2. The van der Waals surface area contributed by atoms with Crippen molar-refractivity contribution in [1.29, 1.82) is 0 Å². The second-order valence-electron chi connectivity index (χ2n) is 7.87. The molecule has 0 radical (unpaired) electrons. The van der Waals surface area contributed by atoms with Crippen LogP contribution < -0.4 is 5.32 Å². The van der Waals surface area contributed by atoms with Crippen molar-refractivity contribution in [2.24, 2.45) is 4.99 Å². The number of hydrogen-bond acceptors (Lipinski definition) is 4. The van der Waals surface area contributed by atoms with E-state index < -0.39 is 0 Å². The Hall–Kier alpha value is -1.91. The number of halogens is 1. The molecule has 0 bridgehead atoms. The van der Waals surface area contributed by atoms with Crippen LogP contribution in [0, 0.1) is 13.8 Å². The van der Waals surface area contributed by atoms with Gasteiger partial charge in [-0.2, -0.15) is 5.10 Å². The summed E-state index contributed by atoms with van der Waals surface area (Å²) in [7, 11) is 3.58. The molecule has 1 aliphatic heterocycles. The van der Waals surface area contributed by atoms with Crippen LogP contribution in [-0.4, -0.2) is 79.0 Å². The van der Waals surface area contributed by atoms with Crippen LogP contribution in [0.25, 0.3) is 6.08 Å². The SMILES string of the molecule is CN=C(NCc1c(C)nn(CCOC)c1C)N1CCN(C/C=C/c2ccccc2)CC1.I. The normalized spacial score (nSPS) is 15.2. The molecule has 0 unspecified atom stereocenters. The van der Waals surface area contributed by atoms with Gasteiger partial charge in [0, 0.05) is 64.7 Å². The number of benzene rings is 1. The standard InChI is InChI=1S/C24H36N6O.HI/c1-20-23(21(2)30(27-20)17-18-31-4)19-26-24(25-3)29-15-13-28(14-16-29)12-8-11-22-9-6-5-7-10-22;/h5-11H,12-19H2,1-4H3,(H,25,26);1H/b11-8+;. The molecule has 0 spiro atoms. The summed E-state index contributed by atoms with van der Waals surface area (Å²) in [5.74, 6) is 0.961. The number of rotatable bonds is 8. The number of hydrogen-bond donors (Lipinski definition) is 1. The number of aromatic nitrogens is 2. The topological polar surface area (TPSA) is 57.9 Å². The lowest BCUT2D eigenvalue weighted by Gasteiger charge is -2.36. The van der Waals surface area contributed by atoms with E-state index in [0.717, 1.165) is 57.5 Å². The van der Waals surface area contributed by atoms with Crippen molar-refractivity contribution < 1.29 is 4.74 Å². The van der Waals surface area contributed by atoms with Gasteiger partial charge in [0.15, 0.2) is 5.96 Å². The molecule has 8 heteroatoms. The van der Waals surface area contributed by atoms with Gasteiger partial charge < -0.3 is 15.0 Å². The van der Waals surface area contributed by atoms with E-state index in [2.05, 4.69) is 75.5 Å². The van der Waals surface area contributed by atoms with Crippen LogP contribution in [0.5, 0.6) is 0 Å². The van der Waals surface area contributed by atoms with Crippen molar-refractivity contribution in [1.82, 2.24) is 24.9 Å². The number of nitrogens with one attached hydrogen (secondary N) is 1. The van der Waals surface area contributed by atoms with E-state index in [0.29, 0.717) is 6.61 Å². The minimum absolute atomic E-state index is 0. The van der Waals surface area contributed by atoms with Crippen molar-refractivity contribution in [3.8, 4) is 0 Å². The van der Waals surface area contributed by atoms with E-state index in [1.165, 1.54) is 16.8 Å². The molecule has 32 heavy (non-hydrogen) atoms. The first kappa shape index (κ1) is 26.3. The van der Waals surface area contributed by atoms with Gasteiger partial charge in [0.2, 0.25) is 0 Å². The minimum atomic E-state index is 0. The fourth-order valence-electron chi connectivity index (χ4n) is 3.93. The summed E-state index contributed by atoms with van der Waals surface area (Å²) in [6.07, 6.45) is 4.45. The van der Waals surface area contributed by atoms with Crippen molar-refractivity contribution in [3.05, 3.63) is 58.9 Å². The summed E-state index contributed by atoms with van der Waals surface area (Å²) in [6, 6.07) is 10.5. The molecule has 1 N–H and O–H groups in total. The third-order valence-electron chi connectivity index (χ3n) is 5.82. The Labute approximate surface area is 209 Å². The van der Waals surface area contributed by atoms with E-state index in [1.807, 2.05) is 17.8 Å². The van der Waals surface area contributed by atoms with Crippen molar-refractivity contribution in [2.45, 2.75) is 26.9 Å². The van der Waals surface area contributed by atoms with E-state index in [-0.39, 0.29) is 24.0 Å². The van der Waals surface area contributed by atoms with Gasteiger partial charge in [-0.3, -0.25) is 14.6 Å². The molecule has 176 valence electrons. The van der Waals surface area contributed by atoms with Crippen LogP contribution in [0.3, 0.4) is 0 Å². The van der Waals surface area contributed by atoms with Gasteiger partial charge in [-0.05, 0) is 19.4 Å². The molecule has 2 aromatic rings. The predicted molar refractivity (Wildman–Crippen MR) is 143 cm³/mol. The Morgan fingerprint density at radius 2 is 1.88 bits per heavy atom. The number of methoxy groups -OCH3 is 1. The third kappa shape index (κ3) is 7.31. The number of aliphatic imine (C=N–C) groups is 1.